The first kappa shape index (κ1) is 19.2. The summed E-state index contributed by atoms with van der Waals surface area (Å²) in [5, 5.41) is 3.23. The number of carbonyl (C=O) groups excluding carboxylic acids is 1. The molecule has 0 saturated carbocycles. The molecule has 0 aromatic heterocycles. The average molecular weight is 359 g/mol. The van der Waals surface area contributed by atoms with Gasteiger partial charge in [-0.3, -0.25) is 4.90 Å². The highest BCUT2D eigenvalue weighted by atomic mass is 16.2. The zero-order valence-corrected chi connectivity index (χ0v) is 16.6. The zero-order valence-electron chi connectivity index (χ0n) is 16.6. The number of likely N-dealkylation sites (N-methyl/N-ethyl adjacent to an activating group) is 1. The molecule has 2 heterocycles. The van der Waals surface area contributed by atoms with Crippen LogP contribution in [0.15, 0.2) is 30.3 Å². The molecular formula is C21H34N4O. The molecule has 2 saturated heterocycles. The number of piperazine rings is 1. The van der Waals surface area contributed by atoms with Crippen LogP contribution in [-0.4, -0.2) is 72.6 Å². The quantitative estimate of drug-likeness (QED) is 0.899. The molecule has 1 N–H and O–H groups in total. The van der Waals surface area contributed by atoms with E-state index in [2.05, 4.69) is 60.3 Å². The predicted molar refractivity (Wildman–Crippen MR) is 106 cm³/mol. The van der Waals surface area contributed by atoms with Gasteiger partial charge in [0.1, 0.15) is 0 Å². The molecule has 26 heavy (non-hydrogen) atoms. The maximum Gasteiger partial charge on any atom is 0.318 e. The van der Waals surface area contributed by atoms with Gasteiger partial charge in [-0.05, 0) is 52.4 Å². The molecule has 144 valence electrons. The Labute approximate surface area is 158 Å². The fourth-order valence-corrected chi connectivity index (χ4v) is 4.13. The summed E-state index contributed by atoms with van der Waals surface area (Å²) < 4.78 is 0. The van der Waals surface area contributed by atoms with Crippen LogP contribution in [0.1, 0.15) is 44.7 Å². The van der Waals surface area contributed by atoms with Gasteiger partial charge in [-0.25, -0.2) is 4.79 Å². The van der Waals surface area contributed by atoms with E-state index in [0.717, 1.165) is 32.7 Å². The van der Waals surface area contributed by atoms with Crippen LogP contribution in [0.4, 0.5) is 4.79 Å². The molecule has 0 spiro atoms. The molecule has 1 aromatic carbocycles. The van der Waals surface area contributed by atoms with E-state index >= 15 is 0 Å². The maximum atomic E-state index is 13.0. The normalized spacial score (nSPS) is 23.0. The van der Waals surface area contributed by atoms with E-state index in [1.54, 1.807) is 0 Å². The summed E-state index contributed by atoms with van der Waals surface area (Å²) in [6.07, 6.45) is 3.87. The van der Waals surface area contributed by atoms with Gasteiger partial charge in [0.15, 0.2) is 0 Å². The number of piperidine rings is 1. The monoisotopic (exact) mass is 358 g/mol. The van der Waals surface area contributed by atoms with E-state index in [0.29, 0.717) is 6.54 Å². The van der Waals surface area contributed by atoms with Crippen molar-refractivity contribution in [3.63, 3.8) is 0 Å². The van der Waals surface area contributed by atoms with Crippen LogP contribution in [0, 0.1) is 0 Å². The third-order valence-corrected chi connectivity index (χ3v) is 5.91. The van der Waals surface area contributed by atoms with Crippen molar-refractivity contribution in [1.29, 1.82) is 0 Å². The lowest BCUT2D eigenvalue weighted by atomic mass is 9.98. The summed E-state index contributed by atoms with van der Waals surface area (Å²) in [7, 11) is 2.13. The number of nitrogens with zero attached hydrogens (tertiary/aromatic N) is 3. The van der Waals surface area contributed by atoms with Crippen LogP contribution in [0.2, 0.25) is 0 Å². The van der Waals surface area contributed by atoms with Gasteiger partial charge in [0.05, 0.1) is 6.04 Å². The average Bonchev–Trinajstić information content (AvgIpc) is 2.67. The molecule has 0 bridgehead atoms. The van der Waals surface area contributed by atoms with Gasteiger partial charge in [0, 0.05) is 31.7 Å². The van der Waals surface area contributed by atoms with E-state index < -0.39 is 0 Å². The lowest BCUT2D eigenvalue weighted by Crippen LogP contribution is -2.57. The first-order valence-corrected chi connectivity index (χ1v) is 10.0. The Hall–Kier alpha value is -1.59. The fourth-order valence-electron chi connectivity index (χ4n) is 4.13. The molecular weight excluding hydrogens is 324 g/mol. The second kappa shape index (κ2) is 8.40. The number of hydrogen-bond donors (Lipinski definition) is 1. The van der Waals surface area contributed by atoms with Crippen molar-refractivity contribution in [3.8, 4) is 0 Å². The SMILES string of the molecule is CN1CCN(C(=O)NCC(C)(C)N2CCCCC2)C(c2ccccc2)C1. The van der Waals surface area contributed by atoms with E-state index in [-0.39, 0.29) is 17.6 Å². The first-order valence-electron chi connectivity index (χ1n) is 10.0. The lowest BCUT2D eigenvalue weighted by molar-refractivity contribution is 0.0844. The molecule has 2 amide bonds. The molecule has 2 fully saturated rings. The fraction of sp³-hybridized carbons (Fsp3) is 0.667. The van der Waals surface area contributed by atoms with Crippen molar-refractivity contribution in [3.05, 3.63) is 35.9 Å². The van der Waals surface area contributed by atoms with E-state index in [9.17, 15) is 4.79 Å². The minimum absolute atomic E-state index is 0.00486. The Morgan fingerprint density at radius 1 is 1.08 bits per heavy atom. The van der Waals surface area contributed by atoms with Gasteiger partial charge >= 0.3 is 6.03 Å². The summed E-state index contributed by atoms with van der Waals surface area (Å²) in [5.41, 5.74) is 1.22. The maximum absolute atomic E-state index is 13.0. The minimum atomic E-state index is 0.00486. The number of rotatable bonds is 4. The van der Waals surface area contributed by atoms with Gasteiger partial charge in [-0.2, -0.15) is 0 Å². The summed E-state index contributed by atoms with van der Waals surface area (Å²) in [4.78, 5) is 19.8. The van der Waals surface area contributed by atoms with Crippen molar-refractivity contribution in [2.75, 3.05) is 46.3 Å². The summed E-state index contributed by atoms with van der Waals surface area (Å²) in [6.45, 7) is 10.0. The smallest absolute Gasteiger partial charge is 0.318 e. The van der Waals surface area contributed by atoms with Gasteiger partial charge < -0.3 is 15.1 Å². The Kier molecular flexibility index (Phi) is 6.20. The summed E-state index contributed by atoms with van der Waals surface area (Å²) in [5.74, 6) is 0. The highest BCUT2D eigenvalue weighted by Crippen LogP contribution is 2.25. The minimum Gasteiger partial charge on any atom is -0.336 e. The van der Waals surface area contributed by atoms with E-state index in [1.807, 2.05) is 11.0 Å². The van der Waals surface area contributed by atoms with Crippen molar-refractivity contribution < 1.29 is 4.79 Å². The van der Waals surface area contributed by atoms with Crippen molar-refractivity contribution >= 4 is 6.03 Å². The molecule has 3 rings (SSSR count). The second-order valence-electron chi connectivity index (χ2n) is 8.40. The molecule has 5 heteroatoms. The molecule has 2 aliphatic heterocycles. The van der Waals surface area contributed by atoms with Crippen LogP contribution in [0.3, 0.4) is 0 Å². The van der Waals surface area contributed by atoms with Gasteiger partial charge in [-0.15, -0.1) is 0 Å². The van der Waals surface area contributed by atoms with Crippen LogP contribution >= 0.6 is 0 Å². The number of amides is 2. The van der Waals surface area contributed by atoms with Crippen LogP contribution in [0.5, 0.6) is 0 Å². The van der Waals surface area contributed by atoms with Crippen molar-refractivity contribution in [1.82, 2.24) is 20.0 Å². The predicted octanol–water partition coefficient (Wildman–Crippen LogP) is 2.95. The number of urea groups is 1. The van der Waals surface area contributed by atoms with Crippen LogP contribution in [-0.2, 0) is 0 Å². The van der Waals surface area contributed by atoms with E-state index in [1.165, 1.54) is 24.8 Å². The first-order chi connectivity index (χ1) is 12.5. The van der Waals surface area contributed by atoms with Gasteiger partial charge in [-0.1, -0.05) is 36.8 Å². The largest absolute Gasteiger partial charge is 0.336 e. The van der Waals surface area contributed by atoms with Gasteiger partial charge in [0.2, 0.25) is 0 Å². The zero-order chi connectivity index (χ0) is 18.6. The Morgan fingerprint density at radius 2 is 1.77 bits per heavy atom. The van der Waals surface area contributed by atoms with Crippen molar-refractivity contribution in [2.24, 2.45) is 0 Å². The Balaban J connectivity index is 1.63. The second-order valence-corrected chi connectivity index (χ2v) is 8.40. The Bertz CT molecular complexity index is 583. The molecule has 1 aromatic rings. The third kappa shape index (κ3) is 4.57. The number of likely N-dealkylation sites (tertiary alicyclic amines) is 1. The molecule has 1 unspecified atom stereocenters. The molecule has 0 aliphatic carbocycles. The highest BCUT2D eigenvalue weighted by molar-refractivity contribution is 5.75. The van der Waals surface area contributed by atoms with Gasteiger partial charge in [0.25, 0.3) is 0 Å². The topological polar surface area (TPSA) is 38.8 Å². The molecule has 5 nitrogen and oxygen atoms in total. The molecule has 0 radical (unpaired) electrons. The third-order valence-electron chi connectivity index (χ3n) is 5.91. The highest BCUT2D eigenvalue weighted by Gasteiger charge is 2.32. The number of carbonyl (C=O) groups is 1. The molecule has 2 aliphatic rings. The number of hydrogen-bond acceptors (Lipinski definition) is 3. The molecule has 1 atom stereocenters. The van der Waals surface area contributed by atoms with Crippen LogP contribution in [0.25, 0.3) is 0 Å². The van der Waals surface area contributed by atoms with E-state index in [4.69, 9.17) is 0 Å². The van der Waals surface area contributed by atoms with Crippen molar-refractivity contribution in [2.45, 2.75) is 44.7 Å². The van der Waals surface area contributed by atoms with Crippen LogP contribution < -0.4 is 5.32 Å². The summed E-state index contributed by atoms with van der Waals surface area (Å²) >= 11 is 0. The Morgan fingerprint density at radius 3 is 2.46 bits per heavy atom. The number of benzene rings is 1. The summed E-state index contributed by atoms with van der Waals surface area (Å²) in [6, 6.07) is 10.6. The standard InChI is InChI=1S/C21H34N4O/c1-21(2,24-12-8-5-9-13-24)17-22-20(26)25-15-14-23(3)16-19(25)18-10-6-4-7-11-18/h4,6-7,10-11,19H,5,8-9,12-17H2,1-3H3,(H,22,26). The number of nitrogens with one attached hydrogen (secondary N) is 1. The lowest BCUT2D eigenvalue weighted by Gasteiger charge is -2.43.